The molecule has 2 aliphatic heterocycles. The Labute approximate surface area is 203 Å². The molecule has 0 fully saturated rings. The van der Waals surface area contributed by atoms with Gasteiger partial charge in [-0.05, 0) is 48.0 Å². The third-order valence-corrected chi connectivity index (χ3v) is 7.09. The molecule has 3 aromatic carbocycles. The number of likely N-dealkylation sites (N-methyl/N-ethyl adjacent to an activating group) is 1. The predicted molar refractivity (Wildman–Crippen MR) is 126 cm³/mol. The second-order valence-electron chi connectivity index (χ2n) is 8.22. The van der Waals surface area contributed by atoms with E-state index in [0.29, 0.717) is 29.6 Å². The summed E-state index contributed by atoms with van der Waals surface area (Å²) in [5, 5.41) is 0. The second kappa shape index (κ2) is 9.47. The largest absolute Gasteiger partial charge is 0.486 e. The predicted octanol–water partition coefficient (Wildman–Crippen LogP) is 2.81. The number of hydrogen-bond donors (Lipinski definition) is 1. The van der Waals surface area contributed by atoms with Crippen molar-refractivity contribution in [3.05, 3.63) is 77.9 Å². The van der Waals surface area contributed by atoms with Crippen molar-refractivity contribution in [2.75, 3.05) is 27.0 Å². The Balaban J connectivity index is 1.23. The van der Waals surface area contributed by atoms with Crippen molar-refractivity contribution in [1.82, 2.24) is 9.62 Å². The minimum Gasteiger partial charge on any atom is -0.486 e. The Hall–Kier alpha value is -3.76. The van der Waals surface area contributed by atoms with Gasteiger partial charge in [0.1, 0.15) is 6.61 Å². The average Bonchev–Trinajstić information content (AvgIpc) is 3.35. The maximum atomic E-state index is 13.0. The Kier molecular flexibility index (Phi) is 6.23. The summed E-state index contributed by atoms with van der Waals surface area (Å²) in [5.74, 6) is 2.19. The van der Waals surface area contributed by atoms with E-state index >= 15 is 0 Å². The van der Waals surface area contributed by atoms with Crippen molar-refractivity contribution in [2.24, 2.45) is 0 Å². The number of ether oxygens (including phenoxy) is 4. The number of nitrogens with one attached hydrogen (secondary N) is 1. The van der Waals surface area contributed by atoms with E-state index in [1.54, 1.807) is 37.4 Å². The van der Waals surface area contributed by atoms with Crippen LogP contribution in [0.4, 0.5) is 0 Å². The standard InChI is InChI=1S/C25H24N2O7S/c1-27(14-19-15-31-21-7-2-3-8-23(21)34-19)25(28)18-5-4-6-20(12-18)35(29,30)26-13-17-9-10-22-24(11-17)33-16-32-22/h2-12,19,26H,13-16H2,1H3. The third-order valence-electron chi connectivity index (χ3n) is 5.69. The van der Waals surface area contributed by atoms with Gasteiger partial charge in [0, 0.05) is 19.2 Å². The molecule has 1 amide bonds. The zero-order chi connectivity index (χ0) is 24.4. The van der Waals surface area contributed by atoms with Gasteiger partial charge in [-0.25, -0.2) is 13.1 Å². The van der Waals surface area contributed by atoms with E-state index in [2.05, 4.69) is 4.72 Å². The quantitative estimate of drug-likeness (QED) is 0.537. The molecule has 2 aliphatic rings. The highest BCUT2D eigenvalue weighted by atomic mass is 32.2. The number of benzene rings is 3. The number of para-hydroxylation sites is 2. The molecule has 0 aliphatic carbocycles. The van der Waals surface area contributed by atoms with Gasteiger partial charge in [-0.2, -0.15) is 0 Å². The number of rotatable bonds is 7. The molecule has 0 radical (unpaired) electrons. The van der Waals surface area contributed by atoms with E-state index in [1.165, 1.54) is 17.0 Å². The minimum absolute atomic E-state index is 0.00340. The number of carbonyl (C=O) groups excluding carboxylic acids is 1. The maximum absolute atomic E-state index is 13.0. The smallest absolute Gasteiger partial charge is 0.253 e. The van der Waals surface area contributed by atoms with Crippen LogP contribution in [0.2, 0.25) is 0 Å². The molecule has 1 atom stereocenters. The highest BCUT2D eigenvalue weighted by Crippen LogP contribution is 2.33. The van der Waals surface area contributed by atoms with Crippen molar-refractivity contribution in [2.45, 2.75) is 17.5 Å². The van der Waals surface area contributed by atoms with Gasteiger partial charge < -0.3 is 23.8 Å². The molecule has 1 unspecified atom stereocenters. The molecule has 0 spiro atoms. The molecule has 0 aromatic heterocycles. The van der Waals surface area contributed by atoms with Crippen LogP contribution in [0.5, 0.6) is 23.0 Å². The lowest BCUT2D eigenvalue weighted by Crippen LogP contribution is -2.41. The minimum atomic E-state index is -3.85. The highest BCUT2D eigenvalue weighted by Gasteiger charge is 2.25. The fourth-order valence-corrected chi connectivity index (χ4v) is 4.93. The molecule has 35 heavy (non-hydrogen) atoms. The topological polar surface area (TPSA) is 103 Å². The Morgan fingerprint density at radius 2 is 1.71 bits per heavy atom. The Bertz CT molecular complexity index is 1360. The van der Waals surface area contributed by atoms with Crippen LogP contribution < -0.4 is 23.7 Å². The number of sulfonamides is 1. The first kappa shape index (κ1) is 23.0. The molecule has 1 N–H and O–H groups in total. The lowest BCUT2D eigenvalue weighted by atomic mass is 10.2. The Morgan fingerprint density at radius 1 is 0.943 bits per heavy atom. The summed E-state index contributed by atoms with van der Waals surface area (Å²) in [5.41, 5.74) is 0.983. The summed E-state index contributed by atoms with van der Waals surface area (Å²) in [7, 11) is -2.21. The first-order valence-electron chi connectivity index (χ1n) is 11.0. The van der Waals surface area contributed by atoms with Crippen LogP contribution in [0.1, 0.15) is 15.9 Å². The first-order valence-corrected chi connectivity index (χ1v) is 12.5. The van der Waals surface area contributed by atoms with Gasteiger partial charge in [-0.3, -0.25) is 4.79 Å². The number of amides is 1. The normalized spacial score (nSPS) is 16.1. The van der Waals surface area contributed by atoms with E-state index < -0.39 is 10.0 Å². The number of hydrogen-bond acceptors (Lipinski definition) is 7. The number of carbonyl (C=O) groups is 1. The van der Waals surface area contributed by atoms with Crippen LogP contribution in [0.15, 0.2) is 71.6 Å². The SMILES string of the molecule is CN(CC1COc2ccccc2O1)C(=O)c1cccc(S(=O)(=O)NCc2ccc3c(c2)OCO3)c1. The van der Waals surface area contributed by atoms with Gasteiger partial charge in [0.15, 0.2) is 29.1 Å². The summed E-state index contributed by atoms with van der Waals surface area (Å²) in [6.07, 6.45) is -0.339. The summed E-state index contributed by atoms with van der Waals surface area (Å²) < 4.78 is 50.6. The molecule has 3 aromatic rings. The maximum Gasteiger partial charge on any atom is 0.253 e. The van der Waals surface area contributed by atoms with E-state index in [9.17, 15) is 13.2 Å². The van der Waals surface area contributed by atoms with E-state index in [-0.39, 0.29) is 42.4 Å². The zero-order valence-corrected chi connectivity index (χ0v) is 19.8. The van der Waals surface area contributed by atoms with Crippen LogP contribution in [0, 0.1) is 0 Å². The molecule has 0 saturated heterocycles. The third kappa shape index (κ3) is 5.03. The first-order chi connectivity index (χ1) is 16.9. The second-order valence-corrected chi connectivity index (χ2v) is 9.99. The van der Waals surface area contributed by atoms with E-state index in [0.717, 1.165) is 5.56 Å². The molecular weight excluding hydrogens is 472 g/mol. The molecule has 0 bridgehead atoms. The van der Waals surface area contributed by atoms with Gasteiger partial charge in [0.05, 0.1) is 11.4 Å². The van der Waals surface area contributed by atoms with Crippen molar-refractivity contribution in [3.63, 3.8) is 0 Å². The molecule has 0 saturated carbocycles. The average molecular weight is 497 g/mol. The van der Waals surface area contributed by atoms with E-state index in [4.69, 9.17) is 18.9 Å². The van der Waals surface area contributed by atoms with Gasteiger partial charge in [0.25, 0.3) is 5.91 Å². The lowest BCUT2D eigenvalue weighted by molar-refractivity contribution is 0.0521. The number of fused-ring (bicyclic) bond motifs is 2. The van der Waals surface area contributed by atoms with Crippen molar-refractivity contribution < 1.29 is 32.2 Å². The van der Waals surface area contributed by atoms with Crippen molar-refractivity contribution in [1.29, 1.82) is 0 Å². The molecule has 10 heteroatoms. The lowest BCUT2D eigenvalue weighted by Gasteiger charge is -2.29. The fraction of sp³-hybridized carbons (Fsp3) is 0.240. The van der Waals surface area contributed by atoms with Crippen LogP contribution in [-0.2, 0) is 16.6 Å². The van der Waals surface area contributed by atoms with Gasteiger partial charge in [0.2, 0.25) is 16.8 Å². The van der Waals surface area contributed by atoms with Crippen molar-refractivity contribution >= 4 is 15.9 Å². The fourth-order valence-electron chi connectivity index (χ4n) is 3.87. The van der Waals surface area contributed by atoms with Crippen LogP contribution >= 0.6 is 0 Å². The van der Waals surface area contributed by atoms with E-state index in [1.807, 2.05) is 24.3 Å². The summed E-state index contributed by atoms with van der Waals surface area (Å²) in [6.45, 7) is 0.809. The van der Waals surface area contributed by atoms with Gasteiger partial charge in [-0.1, -0.05) is 24.3 Å². The van der Waals surface area contributed by atoms with Crippen LogP contribution in [0.3, 0.4) is 0 Å². The summed E-state index contributed by atoms with van der Waals surface area (Å²) >= 11 is 0. The molecule has 5 rings (SSSR count). The van der Waals surface area contributed by atoms with Crippen LogP contribution in [0.25, 0.3) is 0 Å². The molecule has 9 nitrogen and oxygen atoms in total. The monoisotopic (exact) mass is 496 g/mol. The molecular formula is C25H24N2O7S. The molecule has 182 valence electrons. The number of nitrogens with zero attached hydrogens (tertiary/aromatic N) is 1. The van der Waals surface area contributed by atoms with Gasteiger partial charge in [-0.15, -0.1) is 0 Å². The van der Waals surface area contributed by atoms with Gasteiger partial charge >= 0.3 is 0 Å². The highest BCUT2D eigenvalue weighted by molar-refractivity contribution is 7.89. The van der Waals surface area contributed by atoms with Crippen LogP contribution in [-0.4, -0.2) is 52.3 Å². The van der Waals surface area contributed by atoms with Crippen molar-refractivity contribution in [3.8, 4) is 23.0 Å². The molecule has 2 heterocycles. The zero-order valence-electron chi connectivity index (χ0n) is 19.0. The summed E-state index contributed by atoms with van der Waals surface area (Å²) in [4.78, 5) is 14.5. The Morgan fingerprint density at radius 3 is 2.57 bits per heavy atom. The summed E-state index contributed by atoms with van der Waals surface area (Å²) in [6, 6.07) is 18.5.